The summed E-state index contributed by atoms with van der Waals surface area (Å²) < 4.78 is 1.74. The Bertz CT molecular complexity index is 1790. The van der Waals surface area contributed by atoms with Gasteiger partial charge in [-0.25, -0.2) is 4.98 Å². The van der Waals surface area contributed by atoms with Gasteiger partial charge in [0.1, 0.15) is 5.52 Å². The van der Waals surface area contributed by atoms with Gasteiger partial charge >= 0.3 is 0 Å². The largest absolute Gasteiger partial charge is 0.275 e. The molecule has 0 spiro atoms. The van der Waals surface area contributed by atoms with Gasteiger partial charge in [0.05, 0.1) is 22.2 Å². The summed E-state index contributed by atoms with van der Waals surface area (Å²) >= 11 is 0. The van der Waals surface area contributed by atoms with E-state index in [0.717, 1.165) is 44.3 Å². The molecule has 0 atom stereocenters. The highest BCUT2D eigenvalue weighted by atomic mass is 16.1. The van der Waals surface area contributed by atoms with Crippen molar-refractivity contribution in [2.45, 2.75) is 26.2 Å². The molecule has 0 saturated heterocycles. The van der Waals surface area contributed by atoms with Gasteiger partial charge in [0, 0.05) is 40.5 Å². The van der Waals surface area contributed by atoms with Crippen molar-refractivity contribution in [1.82, 2.24) is 19.5 Å². The predicted molar refractivity (Wildman–Crippen MR) is 142 cm³/mol. The number of hydrogen-bond donors (Lipinski definition) is 0. The second kappa shape index (κ2) is 7.84. The van der Waals surface area contributed by atoms with Crippen LogP contribution < -0.4 is 5.56 Å². The molecule has 0 fully saturated rings. The molecule has 0 aliphatic carbocycles. The third-order valence-corrected chi connectivity index (χ3v) is 6.44. The fourth-order valence-corrected chi connectivity index (χ4v) is 4.51. The van der Waals surface area contributed by atoms with Crippen LogP contribution >= 0.6 is 0 Å². The van der Waals surface area contributed by atoms with Crippen LogP contribution in [0.4, 0.5) is 0 Å². The number of para-hydroxylation sites is 1. The summed E-state index contributed by atoms with van der Waals surface area (Å²) in [6.45, 7) is 6.54. The number of nitrogens with zero attached hydrogens (tertiary/aromatic N) is 4. The van der Waals surface area contributed by atoms with E-state index in [4.69, 9.17) is 4.98 Å². The minimum Gasteiger partial charge on any atom is -0.275 e. The average molecular weight is 457 g/mol. The third kappa shape index (κ3) is 3.66. The summed E-state index contributed by atoms with van der Waals surface area (Å²) in [6.07, 6.45) is 3.64. The van der Waals surface area contributed by atoms with E-state index in [0.29, 0.717) is 5.52 Å². The zero-order valence-corrected chi connectivity index (χ0v) is 19.9. The minimum atomic E-state index is -0.104. The van der Waals surface area contributed by atoms with Gasteiger partial charge in [-0.05, 0) is 53.4 Å². The van der Waals surface area contributed by atoms with E-state index in [-0.39, 0.29) is 11.0 Å². The van der Waals surface area contributed by atoms with Gasteiger partial charge in [0.15, 0.2) is 0 Å². The van der Waals surface area contributed by atoms with Crippen LogP contribution in [0.5, 0.6) is 0 Å². The van der Waals surface area contributed by atoms with Gasteiger partial charge in [0.25, 0.3) is 5.56 Å². The van der Waals surface area contributed by atoms with Crippen LogP contribution in [0.25, 0.3) is 49.8 Å². The monoisotopic (exact) mass is 456 g/mol. The first-order valence-corrected chi connectivity index (χ1v) is 11.7. The molecule has 2 aromatic carbocycles. The predicted octanol–water partition coefficient (Wildman–Crippen LogP) is 6.45. The fraction of sp³-hybridized carbons (Fsp3) is 0.133. The molecule has 5 nitrogen and oxygen atoms in total. The summed E-state index contributed by atoms with van der Waals surface area (Å²) in [7, 11) is 0. The van der Waals surface area contributed by atoms with Gasteiger partial charge in [0.2, 0.25) is 0 Å². The highest BCUT2D eigenvalue weighted by Gasteiger charge is 2.16. The van der Waals surface area contributed by atoms with Crippen molar-refractivity contribution in [2.75, 3.05) is 0 Å². The van der Waals surface area contributed by atoms with Crippen molar-refractivity contribution in [3.05, 3.63) is 107 Å². The Kier molecular flexibility index (Phi) is 4.74. The topological polar surface area (TPSA) is 60.7 Å². The molecule has 0 unspecified atom stereocenters. The first kappa shape index (κ1) is 21.2. The van der Waals surface area contributed by atoms with Crippen molar-refractivity contribution in [1.29, 1.82) is 0 Å². The van der Waals surface area contributed by atoms with E-state index in [1.807, 2.05) is 60.8 Å². The number of rotatable bonds is 2. The Balaban J connectivity index is 1.60. The molecule has 0 bridgehead atoms. The Hall–Kier alpha value is -4.38. The third-order valence-electron chi connectivity index (χ3n) is 6.44. The zero-order valence-electron chi connectivity index (χ0n) is 19.9. The van der Waals surface area contributed by atoms with Crippen LogP contribution in [0.15, 0.2) is 96.1 Å². The van der Waals surface area contributed by atoms with Gasteiger partial charge in [-0.3, -0.25) is 19.3 Å². The highest BCUT2D eigenvalue weighted by Crippen LogP contribution is 2.29. The molecule has 6 rings (SSSR count). The molecule has 35 heavy (non-hydrogen) atoms. The Labute approximate surface area is 202 Å². The van der Waals surface area contributed by atoms with E-state index >= 15 is 0 Å². The van der Waals surface area contributed by atoms with E-state index in [9.17, 15) is 4.79 Å². The summed E-state index contributed by atoms with van der Waals surface area (Å²) in [5, 5.41) is 1.91. The molecule has 170 valence electrons. The van der Waals surface area contributed by atoms with Crippen molar-refractivity contribution < 1.29 is 0 Å². The number of benzene rings is 2. The normalized spacial score (nSPS) is 12.0. The first-order valence-electron chi connectivity index (χ1n) is 11.7. The Morgan fingerprint density at radius 2 is 1.51 bits per heavy atom. The number of fused-ring (bicyclic) bond motifs is 4. The van der Waals surface area contributed by atoms with Crippen molar-refractivity contribution in [2.24, 2.45) is 0 Å². The van der Waals surface area contributed by atoms with Crippen LogP contribution in [0.3, 0.4) is 0 Å². The summed E-state index contributed by atoms with van der Waals surface area (Å²) in [5.41, 5.74) is 6.77. The lowest BCUT2D eigenvalue weighted by atomic mass is 9.87. The van der Waals surface area contributed by atoms with Gasteiger partial charge < -0.3 is 0 Å². The van der Waals surface area contributed by atoms with Crippen LogP contribution in [0, 0.1) is 0 Å². The van der Waals surface area contributed by atoms with Crippen molar-refractivity contribution in [3.8, 4) is 16.9 Å². The summed E-state index contributed by atoms with van der Waals surface area (Å²) in [4.78, 5) is 27.4. The molecule has 4 heterocycles. The van der Waals surface area contributed by atoms with Gasteiger partial charge in [-0.1, -0.05) is 51.1 Å². The standard InChI is InChI=1S/C30H24N4O/c1-30(2,3)22-9-11-23(12-10-22)34-27(35)15-8-20-17-32-26-14-13-25(33-28(26)29(20)34)21-16-19-6-4-5-7-24(19)31-18-21/h4-18H,1-3H3. The summed E-state index contributed by atoms with van der Waals surface area (Å²) in [5.74, 6) is 0. The molecule has 4 aromatic heterocycles. The van der Waals surface area contributed by atoms with Crippen molar-refractivity contribution in [3.63, 3.8) is 0 Å². The molecular formula is C30H24N4O. The Morgan fingerprint density at radius 1 is 0.743 bits per heavy atom. The summed E-state index contributed by atoms with van der Waals surface area (Å²) in [6, 6.07) is 25.6. The van der Waals surface area contributed by atoms with Crippen LogP contribution in [0.2, 0.25) is 0 Å². The molecule has 0 amide bonds. The van der Waals surface area contributed by atoms with E-state index in [1.54, 1.807) is 16.8 Å². The Morgan fingerprint density at radius 3 is 2.31 bits per heavy atom. The highest BCUT2D eigenvalue weighted by molar-refractivity contribution is 6.02. The molecular weight excluding hydrogens is 432 g/mol. The zero-order chi connectivity index (χ0) is 24.2. The molecule has 6 aromatic rings. The minimum absolute atomic E-state index is 0.0310. The van der Waals surface area contributed by atoms with Crippen LogP contribution in [-0.4, -0.2) is 19.5 Å². The van der Waals surface area contributed by atoms with Crippen LogP contribution in [0.1, 0.15) is 26.3 Å². The second-order valence-electron chi connectivity index (χ2n) is 9.85. The molecule has 5 heteroatoms. The molecule has 0 aliphatic heterocycles. The van der Waals surface area contributed by atoms with Gasteiger partial charge in [-0.15, -0.1) is 0 Å². The molecule has 0 radical (unpaired) electrons. The molecule has 0 aliphatic rings. The van der Waals surface area contributed by atoms with Crippen LogP contribution in [-0.2, 0) is 5.41 Å². The second-order valence-corrected chi connectivity index (χ2v) is 9.85. The number of pyridine rings is 4. The lowest BCUT2D eigenvalue weighted by molar-refractivity contribution is 0.590. The maximum absolute atomic E-state index is 13.2. The van der Waals surface area contributed by atoms with Crippen molar-refractivity contribution >= 4 is 32.8 Å². The van der Waals surface area contributed by atoms with E-state index in [2.05, 4.69) is 48.9 Å². The SMILES string of the molecule is CC(C)(C)c1ccc(-n2c(=O)ccc3cnc4ccc(-c5cnc6ccccc6c5)nc4c32)cc1. The maximum atomic E-state index is 13.2. The van der Waals surface area contributed by atoms with E-state index < -0.39 is 0 Å². The number of hydrogen-bond acceptors (Lipinski definition) is 4. The lowest BCUT2D eigenvalue weighted by Crippen LogP contribution is -2.18. The number of aromatic nitrogens is 4. The lowest BCUT2D eigenvalue weighted by Gasteiger charge is -2.20. The molecule has 0 saturated carbocycles. The smallest absolute Gasteiger partial charge is 0.255 e. The quantitative estimate of drug-likeness (QED) is 0.281. The van der Waals surface area contributed by atoms with E-state index in [1.165, 1.54) is 5.56 Å². The molecule has 0 N–H and O–H groups in total. The average Bonchev–Trinajstić information content (AvgIpc) is 2.87. The maximum Gasteiger partial charge on any atom is 0.255 e. The van der Waals surface area contributed by atoms with Gasteiger partial charge in [-0.2, -0.15) is 0 Å². The fourth-order valence-electron chi connectivity index (χ4n) is 4.51. The first-order chi connectivity index (χ1) is 16.9.